The van der Waals surface area contributed by atoms with Gasteiger partial charge in [0.05, 0.1) is 22.7 Å². The molecule has 1 N–H and O–H groups in total. The molecule has 10 heteroatoms. The van der Waals surface area contributed by atoms with Gasteiger partial charge in [0.25, 0.3) is 10.0 Å². The number of hydrogen-bond acceptors (Lipinski definition) is 5. The van der Waals surface area contributed by atoms with Gasteiger partial charge in [0.1, 0.15) is 18.3 Å². The Labute approximate surface area is 295 Å². The number of carbonyl (C=O) groups is 2. The van der Waals surface area contributed by atoms with Crippen LogP contribution in [0.1, 0.15) is 54.4 Å². The van der Waals surface area contributed by atoms with Crippen LogP contribution in [0.5, 0.6) is 5.75 Å². The van der Waals surface area contributed by atoms with E-state index in [0.29, 0.717) is 5.75 Å². The zero-order chi connectivity index (χ0) is 35.0. The molecule has 0 heterocycles. The molecule has 8 nitrogen and oxygen atoms in total. The van der Waals surface area contributed by atoms with Crippen molar-refractivity contribution in [2.24, 2.45) is 0 Å². The predicted octanol–water partition coefficient (Wildman–Crippen LogP) is 7.25. The Morgan fingerprint density at radius 1 is 0.898 bits per heavy atom. The van der Waals surface area contributed by atoms with Gasteiger partial charge in [-0.05, 0) is 73.7 Å². The first-order valence-electron chi connectivity index (χ1n) is 16.7. The third kappa shape index (κ3) is 9.02. The van der Waals surface area contributed by atoms with E-state index < -0.39 is 28.5 Å². The van der Waals surface area contributed by atoms with Gasteiger partial charge in [-0.15, -0.1) is 0 Å². The molecule has 0 aromatic heterocycles. The average molecular weight is 702 g/mol. The zero-order valence-electron chi connectivity index (χ0n) is 28.3. The summed E-state index contributed by atoms with van der Waals surface area (Å²) in [5.41, 5.74) is 3.80. The number of benzene rings is 4. The highest BCUT2D eigenvalue weighted by Crippen LogP contribution is 2.32. The number of hydrogen-bond donors (Lipinski definition) is 1. The summed E-state index contributed by atoms with van der Waals surface area (Å²) < 4.78 is 35.1. The number of rotatable bonds is 13. The van der Waals surface area contributed by atoms with Gasteiger partial charge in [0.15, 0.2) is 0 Å². The molecule has 258 valence electrons. The molecule has 1 fully saturated rings. The highest BCUT2D eigenvalue weighted by atomic mass is 35.5. The van der Waals surface area contributed by atoms with Gasteiger partial charge < -0.3 is 15.0 Å². The topological polar surface area (TPSA) is 96.0 Å². The maximum absolute atomic E-state index is 14.8. The Morgan fingerprint density at radius 3 is 2.22 bits per heavy atom. The lowest BCUT2D eigenvalue weighted by Gasteiger charge is -2.35. The van der Waals surface area contributed by atoms with Crippen LogP contribution in [0.3, 0.4) is 0 Å². The van der Waals surface area contributed by atoms with Crippen molar-refractivity contribution in [3.63, 3.8) is 0 Å². The molecule has 0 unspecified atom stereocenters. The third-order valence-corrected chi connectivity index (χ3v) is 11.2. The smallest absolute Gasteiger partial charge is 0.264 e. The molecule has 1 saturated carbocycles. The molecule has 2 amide bonds. The summed E-state index contributed by atoms with van der Waals surface area (Å²) in [4.78, 5) is 30.6. The Morgan fingerprint density at radius 2 is 1.57 bits per heavy atom. The number of carbonyl (C=O) groups excluding carboxylic acids is 2. The number of ether oxygens (including phenoxy) is 1. The monoisotopic (exact) mass is 701 g/mol. The zero-order valence-corrected chi connectivity index (χ0v) is 29.8. The molecule has 4 aromatic carbocycles. The van der Waals surface area contributed by atoms with Crippen LogP contribution in [0.25, 0.3) is 0 Å². The van der Waals surface area contributed by atoms with Gasteiger partial charge in [0.2, 0.25) is 11.8 Å². The van der Waals surface area contributed by atoms with Crippen molar-refractivity contribution in [1.29, 1.82) is 0 Å². The number of methoxy groups -OCH3 is 1. The van der Waals surface area contributed by atoms with Gasteiger partial charge in [-0.2, -0.15) is 0 Å². The average Bonchev–Trinajstić information content (AvgIpc) is 3.10. The molecular weight excluding hydrogens is 658 g/mol. The normalized spacial score (nSPS) is 14.1. The molecule has 0 bridgehead atoms. The molecule has 49 heavy (non-hydrogen) atoms. The number of sulfonamides is 1. The van der Waals surface area contributed by atoms with Gasteiger partial charge in [-0.3, -0.25) is 13.9 Å². The summed E-state index contributed by atoms with van der Waals surface area (Å²) in [5, 5.41) is 3.44. The van der Waals surface area contributed by atoms with Crippen molar-refractivity contribution in [1.82, 2.24) is 10.2 Å². The van der Waals surface area contributed by atoms with E-state index in [0.717, 1.165) is 58.7 Å². The second kappa shape index (κ2) is 16.4. The van der Waals surface area contributed by atoms with Gasteiger partial charge in [-0.1, -0.05) is 103 Å². The van der Waals surface area contributed by atoms with E-state index in [1.165, 1.54) is 30.2 Å². The quantitative estimate of drug-likeness (QED) is 0.159. The van der Waals surface area contributed by atoms with Crippen LogP contribution in [0.15, 0.2) is 102 Å². The van der Waals surface area contributed by atoms with Crippen LogP contribution in [-0.4, -0.2) is 50.9 Å². The van der Waals surface area contributed by atoms with E-state index in [2.05, 4.69) is 5.32 Å². The van der Waals surface area contributed by atoms with E-state index in [9.17, 15) is 18.0 Å². The van der Waals surface area contributed by atoms with Crippen molar-refractivity contribution in [3.8, 4) is 5.75 Å². The minimum atomic E-state index is -4.26. The summed E-state index contributed by atoms with van der Waals surface area (Å²) in [6.45, 7) is 3.38. The second-order valence-electron chi connectivity index (χ2n) is 12.6. The molecule has 0 saturated heterocycles. The first kappa shape index (κ1) is 36.0. The highest BCUT2D eigenvalue weighted by molar-refractivity contribution is 7.92. The Balaban J connectivity index is 1.59. The Hall–Kier alpha value is -4.34. The van der Waals surface area contributed by atoms with Crippen LogP contribution in [-0.2, 0) is 32.6 Å². The van der Waals surface area contributed by atoms with E-state index in [-0.39, 0.29) is 40.5 Å². The maximum atomic E-state index is 14.8. The van der Waals surface area contributed by atoms with E-state index in [1.807, 2.05) is 68.4 Å². The number of aryl methyl sites for hydroxylation is 2. The van der Waals surface area contributed by atoms with Crippen molar-refractivity contribution in [3.05, 3.63) is 124 Å². The lowest BCUT2D eigenvalue weighted by molar-refractivity contribution is -0.140. The van der Waals surface area contributed by atoms with E-state index in [4.69, 9.17) is 16.3 Å². The summed E-state index contributed by atoms with van der Waals surface area (Å²) in [5.74, 6) is -0.406. The standard InChI is InChI=1S/C39H44ClN3O5S/c1-28-18-21-34(22-19-28)49(46,47)43(33-20-23-37(48-3)35(40)25-33)27-38(44)42(26-31-15-11-10-12-29(31)2)36(24-30-13-6-4-7-14-30)39(45)41-32-16-8-5-9-17-32/h4,6-7,10-15,18-23,25,32,36H,5,8-9,16-17,24,26-27H2,1-3H3,(H,41,45)/t36-/m0/s1. The largest absolute Gasteiger partial charge is 0.495 e. The van der Waals surface area contributed by atoms with Crippen LogP contribution in [0, 0.1) is 13.8 Å². The molecular formula is C39H44ClN3O5S. The molecule has 4 aromatic rings. The second-order valence-corrected chi connectivity index (χ2v) is 14.9. The number of nitrogens with zero attached hydrogens (tertiary/aromatic N) is 2. The fraction of sp³-hybridized carbons (Fsp3) is 0.333. The number of anilines is 1. The molecule has 1 atom stereocenters. The first-order chi connectivity index (χ1) is 23.6. The maximum Gasteiger partial charge on any atom is 0.264 e. The summed E-state index contributed by atoms with van der Waals surface area (Å²) in [6.07, 6.45) is 5.24. The third-order valence-electron chi connectivity index (χ3n) is 9.14. The van der Waals surface area contributed by atoms with Gasteiger partial charge in [0, 0.05) is 19.0 Å². The summed E-state index contributed by atoms with van der Waals surface area (Å²) in [6, 6.07) is 27.5. The van der Waals surface area contributed by atoms with Crippen molar-refractivity contribution < 1.29 is 22.7 Å². The minimum Gasteiger partial charge on any atom is -0.495 e. The van der Waals surface area contributed by atoms with Gasteiger partial charge in [-0.25, -0.2) is 8.42 Å². The SMILES string of the molecule is COc1ccc(N(CC(=O)N(Cc2ccccc2C)[C@@H](Cc2ccccc2)C(=O)NC2CCCCC2)S(=O)(=O)c2ccc(C)cc2)cc1Cl. The van der Waals surface area contributed by atoms with Crippen molar-refractivity contribution in [2.45, 2.75) is 75.9 Å². The van der Waals surface area contributed by atoms with Crippen LogP contribution < -0.4 is 14.4 Å². The van der Waals surface area contributed by atoms with E-state index in [1.54, 1.807) is 24.3 Å². The lowest BCUT2D eigenvalue weighted by atomic mass is 9.94. The number of amides is 2. The summed E-state index contributed by atoms with van der Waals surface area (Å²) in [7, 11) is -2.79. The molecule has 1 aliphatic rings. The van der Waals surface area contributed by atoms with Crippen LogP contribution >= 0.6 is 11.6 Å². The lowest BCUT2D eigenvalue weighted by Crippen LogP contribution is -2.55. The number of halogens is 1. The first-order valence-corrected chi connectivity index (χ1v) is 18.5. The predicted molar refractivity (Wildman–Crippen MR) is 194 cm³/mol. The van der Waals surface area contributed by atoms with Crippen molar-refractivity contribution >= 4 is 39.1 Å². The fourth-order valence-electron chi connectivity index (χ4n) is 6.25. The van der Waals surface area contributed by atoms with Gasteiger partial charge >= 0.3 is 0 Å². The van der Waals surface area contributed by atoms with Crippen LogP contribution in [0.4, 0.5) is 5.69 Å². The molecule has 0 spiro atoms. The minimum absolute atomic E-state index is 0.0230. The molecule has 5 rings (SSSR count). The fourth-order valence-corrected chi connectivity index (χ4v) is 7.90. The van der Waals surface area contributed by atoms with E-state index >= 15 is 0 Å². The highest BCUT2D eigenvalue weighted by Gasteiger charge is 2.36. The van der Waals surface area contributed by atoms with Crippen molar-refractivity contribution in [2.75, 3.05) is 18.0 Å². The summed E-state index contributed by atoms with van der Waals surface area (Å²) >= 11 is 6.49. The Bertz CT molecular complexity index is 1840. The molecule has 1 aliphatic carbocycles. The van der Waals surface area contributed by atoms with Crippen LogP contribution in [0.2, 0.25) is 5.02 Å². The Kier molecular flexibility index (Phi) is 12.0. The molecule has 0 aliphatic heterocycles. The molecule has 0 radical (unpaired) electrons. The number of nitrogens with one attached hydrogen (secondary N) is 1.